The van der Waals surface area contributed by atoms with E-state index in [0.29, 0.717) is 0 Å². The lowest BCUT2D eigenvalue weighted by atomic mass is 9.99. The van der Waals surface area contributed by atoms with Gasteiger partial charge in [0.25, 0.3) is 0 Å². The fraction of sp³-hybridized carbons (Fsp3) is 0.385. The first-order chi connectivity index (χ1) is 10.4. The van der Waals surface area contributed by atoms with Crippen molar-refractivity contribution in [3.05, 3.63) is 40.0 Å². The molecule has 0 bridgehead atoms. The Morgan fingerprint density at radius 2 is 1.91 bits per heavy atom. The molecule has 0 radical (unpaired) electrons. The van der Waals surface area contributed by atoms with Crippen LogP contribution in [-0.4, -0.2) is 40.8 Å². The van der Waals surface area contributed by atoms with E-state index in [1.165, 1.54) is 32.2 Å². The smallest absolute Gasteiger partial charge is 0.361 e. The minimum Gasteiger partial charge on any atom is -0.465 e. The summed E-state index contributed by atoms with van der Waals surface area (Å²) < 4.78 is 14.0. The van der Waals surface area contributed by atoms with E-state index in [9.17, 15) is 24.8 Å². The van der Waals surface area contributed by atoms with Crippen molar-refractivity contribution >= 4 is 18.0 Å². The number of nitrogens with zero attached hydrogens (tertiary/aromatic N) is 1. The monoisotopic (exact) mass is 313 g/mol. The molecule has 0 aliphatic rings. The molecule has 0 saturated carbocycles. The zero-order valence-electron chi connectivity index (χ0n) is 12.0. The SMILES string of the molecule is CCOC(=O)C(O)(C(=O)OCC)/C(=C\c1ccco1)[N+](=O)[O-]. The first-order valence-corrected chi connectivity index (χ1v) is 6.34. The van der Waals surface area contributed by atoms with Gasteiger partial charge in [-0.3, -0.25) is 10.1 Å². The molecule has 1 aromatic rings. The standard InChI is InChI=1S/C13H15NO8/c1-3-20-11(15)13(17,12(16)21-4-2)10(14(18)19)8-9-6-5-7-22-9/h5-8,17H,3-4H2,1-2H3/b10-8+. The second-order valence-electron chi connectivity index (χ2n) is 3.95. The number of nitro groups is 1. The lowest BCUT2D eigenvalue weighted by Gasteiger charge is -2.20. The Hall–Kier alpha value is -2.68. The van der Waals surface area contributed by atoms with Crippen LogP contribution in [-0.2, 0) is 19.1 Å². The number of carbonyl (C=O) groups excluding carboxylic acids is 2. The van der Waals surface area contributed by atoms with E-state index in [0.717, 1.165) is 6.08 Å². The van der Waals surface area contributed by atoms with Gasteiger partial charge in [0.2, 0.25) is 0 Å². The summed E-state index contributed by atoms with van der Waals surface area (Å²) in [5, 5.41) is 21.5. The van der Waals surface area contributed by atoms with Crippen molar-refractivity contribution in [2.45, 2.75) is 19.4 Å². The van der Waals surface area contributed by atoms with Crippen molar-refractivity contribution in [1.29, 1.82) is 0 Å². The first-order valence-electron chi connectivity index (χ1n) is 6.34. The number of hydrogen-bond acceptors (Lipinski definition) is 8. The van der Waals surface area contributed by atoms with Gasteiger partial charge in [-0.25, -0.2) is 9.59 Å². The third kappa shape index (κ3) is 3.50. The molecule has 0 saturated heterocycles. The molecule has 0 atom stereocenters. The molecule has 120 valence electrons. The molecule has 0 aromatic carbocycles. The number of esters is 2. The topological polar surface area (TPSA) is 129 Å². The Morgan fingerprint density at radius 3 is 2.27 bits per heavy atom. The first kappa shape index (κ1) is 17.4. The van der Waals surface area contributed by atoms with Crippen LogP contribution in [0.15, 0.2) is 28.5 Å². The molecule has 9 heteroatoms. The van der Waals surface area contributed by atoms with Crippen molar-refractivity contribution in [3.63, 3.8) is 0 Å². The summed E-state index contributed by atoms with van der Waals surface area (Å²) in [5.41, 5.74) is -4.32. The van der Waals surface area contributed by atoms with Gasteiger partial charge < -0.3 is 19.0 Å². The molecule has 1 N–H and O–H groups in total. The van der Waals surface area contributed by atoms with E-state index >= 15 is 0 Å². The predicted octanol–water partition coefficient (Wildman–Crippen LogP) is 0.754. The van der Waals surface area contributed by atoms with Gasteiger partial charge in [-0.1, -0.05) is 0 Å². The van der Waals surface area contributed by atoms with E-state index < -0.39 is 28.2 Å². The summed E-state index contributed by atoms with van der Waals surface area (Å²) in [5.74, 6) is -3.02. The second kappa shape index (κ2) is 7.36. The average Bonchev–Trinajstić information content (AvgIpc) is 2.97. The van der Waals surface area contributed by atoms with E-state index in [4.69, 9.17) is 4.42 Å². The van der Waals surface area contributed by atoms with Crippen LogP contribution in [0.5, 0.6) is 0 Å². The lowest BCUT2D eigenvalue weighted by Crippen LogP contribution is -2.52. The molecule has 0 spiro atoms. The van der Waals surface area contributed by atoms with Gasteiger partial charge in [0.05, 0.1) is 30.5 Å². The maximum Gasteiger partial charge on any atom is 0.361 e. The van der Waals surface area contributed by atoms with Gasteiger partial charge in [-0.15, -0.1) is 0 Å². The molecule has 0 aliphatic carbocycles. The number of carbonyl (C=O) groups is 2. The lowest BCUT2D eigenvalue weighted by molar-refractivity contribution is -0.438. The minimum absolute atomic E-state index is 0.0290. The normalized spacial score (nSPS) is 11.9. The molecule has 1 rings (SSSR count). The van der Waals surface area contributed by atoms with Gasteiger partial charge >= 0.3 is 23.2 Å². The van der Waals surface area contributed by atoms with E-state index in [1.807, 2.05) is 0 Å². The van der Waals surface area contributed by atoms with Gasteiger partial charge in [0, 0.05) is 0 Å². The largest absolute Gasteiger partial charge is 0.465 e. The van der Waals surface area contributed by atoms with E-state index in [-0.39, 0.29) is 19.0 Å². The highest BCUT2D eigenvalue weighted by atomic mass is 16.6. The number of aliphatic hydroxyl groups is 1. The van der Waals surface area contributed by atoms with Gasteiger partial charge in [-0.05, 0) is 26.0 Å². The average molecular weight is 313 g/mol. The Kier molecular flexibility index (Phi) is 5.81. The number of ether oxygens (including phenoxy) is 2. The van der Waals surface area contributed by atoms with Gasteiger partial charge in [-0.2, -0.15) is 0 Å². The Morgan fingerprint density at radius 1 is 1.36 bits per heavy atom. The van der Waals surface area contributed by atoms with Crippen molar-refractivity contribution < 1.29 is 33.5 Å². The maximum absolute atomic E-state index is 11.9. The van der Waals surface area contributed by atoms with Crippen molar-refractivity contribution in [2.75, 3.05) is 13.2 Å². The van der Waals surface area contributed by atoms with Crippen LogP contribution in [0.4, 0.5) is 0 Å². The van der Waals surface area contributed by atoms with Crippen LogP contribution in [0.1, 0.15) is 19.6 Å². The van der Waals surface area contributed by atoms with E-state index in [1.54, 1.807) is 0 Å². The molecule has 0 aliphatic heterocycles. The van der Waals surface area contributed by atoms with Crippen LogP contribution in [0, 0.1) is 10.1 Å². The van der Waals surface area contributed by atoms with Crippen molar-refractivity contribution in [1.82, 2.24) is 0 Å². The van der Waals surface area contributed by atoms with Crippen molar-refractivity contribution in [2.24, 2.45) is 0 Å². The summed E-state index contributed by atoms with van der Waals surface area (Å²) in [6.07, 6.45) is 1.99. The van der Waals surface area contributed by atoms with E-state index in [2.05, 4.69) is 9.47 Å². The number of furan rings is 1. The fourth-order valence-corrected chi connectivity index (χ4v) is 1.56. The molecule has 0 unspecified atom stereocenters. The summed E-state index contributed by atoms with van der Waals surface area (Å²) in [7, 11) is 0. The molecular formula is C13H15NO8. The zero-order chi connectivity index (χ0) is 16.8. The van der Waals surface area contributed by atoms with Gasteiger partial charge in [0.1, 0.15) is 5.76 Å². The molecule has 0 fully saturated rings. The Labute approximate surface area is 125 Å². The van der Waals surface area contributed by atoms with Crippen LogP contribution >= 0.6 is 0 Å². The zero-order valence-corrected chi connectivity index (χ0v) is 12.0. The maximum atomic E-state index is 11.9. The molecule has 9 nitrogen and oxygen atoms in total. The highest BCUT2D eigenvalue weighted by molar-refractivity contribution is 6.07. The highest BCUT2D eigenvalue weighted by Crippen LogP contribution is 2.24. The summed E-state index contributed by atoms with van der Waals surface area (Å²) >= 11 is 0. The third-order valence-electron chi connectivity index (χ3n) is 2.53. The predicted molar refractivity (Wildman–Crippen MR) is 71.9 cm³/mol. The van der Waals surface area contributed by atoms with Crippen LogP contribution < -0.4 is 0 Å². The van der Waals surface area contributed by atoms with Crippen LogP contribution in [0.2, 0.25) is 0 Å². The molecule has 1 heterocycles. The minimum atomic E-state index is -3.19. The quantitative estimate of drug-likeness (QED) is 0.338. The summed E-state index contributed by atoms with van der Waals surface area (Å²) in [6, 6.07) is 2.79. The van der Waals surface area contributed by atoms with Gasteiger partial charge in [0.15, 0.2) is 0 Å². The Balaban J connectivity index is 3.41. The molecule has 1 aromatic heterocycles. The van der Waals surface area contributed by atoms with Crippen LogP contribution in [0.25, 0.3) is 6.08 Å². The summed E-state index contributed by atoms with van der Waals surface area (Å²) in [4.78, 5) is 34.0. The highest BCUT2D eigenvalue weighted by Gasteiger charge is 2.58. The summed E-state index contributed by atoms with van der Waals surface area (Å²) in [6.45, 7) is 2.47. The molecule has 22 heavy (non-hydrogen) atoms. The third-order valence-corrected chi connectivity index (χ3v) is 2.53. The molecule has 0 amide bonds. The number of rotatable bonds is 7. The number of hydrogen-bond donors (Lipinski definition) is 1. The van der Waals surface area contributed by atoms with Crippen molar-refractivity contribution in [3.8, 4) is 0 Å². The van der Waals surface area contributed by atoms with Crippen LogP contribution in [0.3, 0.4) is 0 Å². The molecular weight excluding hydrogens is 298 g/mol. The Bertz CT molecular complexity index is 557. The fourth-order valence-electron chi connectivity index (χ4n) is 1.56. The second-order valence-corrected chi connectivity index (χ2v) is 3.95.